The second-order valence-corrected chi connectivity index (χ2v) is 4.84. The molecule has 0 aliphatic rings. The fraction of sp³-hybridized carbons (Fsp3) is 0.250. The Morgan fingerprint density at radius 2 is 1.84 bits per heavy atom. The average molecular weight is 258 g/mol. The van der Waals surface area contributed by atoms with Crippen molar-refractivity contribution in [2.45, 2.75) is 13.5 Å². The molecule has 100 valence electrons. The summed E-state index contributed by atoms with van der Waals surface area (Å²) in [6.07, 6.45) is 0. The summed E-state index contributed by atoms with van der Waals surface area (Å²) in [6.45, 7) is 2.57. The predicted molar refractivity (Wildman–Crippen MR) is 79.2 cm³/mol. The molecule has 0 heterocycles. The molecule has 0 aliphatic carbocycles. The standard InChI is InChI=1S/C16H19FN2/c1-12-8-9-14(10-16(12)19(2)3)18-11-13-6-4-5-7-15(13)17/h4-10,18H,11H2,1-3H3. The van der Waals surface area contributed by atoms with Gasteiger partial charge in [0.25, 0.3) is 0 Å². The Morgan fingerprint density at radius 1 is 1.11 bits per heavy atom. The van der Waals surface area contributed by atoms with Gasteiger partial charge in [-0.3, -0.25) is 0 Å². The van der Waals surface area contributed by atoms with Gasteiger partial charge in [0.15, 0.2) is 0 Å². The first-order valence-corrected chi connectivity index (χ1v) is 6.33. The minimum absolute atomic E-state index is 0.171. The van der Waals surface area contributed by atoms with Crippen LogP contribution in [0.4, 0.5) is 15.8 Å². The van der Waals surface area contributed by atoms with Gasteiger partial charge in [-0.1, -0.05) is 24.3 Å². The molecule has 0 atom stereocenters. The van der Waals surface area contributed by atoms with Gasteiger partial charge >= 0.3 is 0 Å². The zero-order valence-electron chi connectivity index (χ0n) is 11.6. The van der Waals surface area contributed by atoms with E-state index in [0.29, 0.717) is 12.1 Å². The van der Waals surface area contributed by atoms with Crippen LogP contribution < -0.4 is 10.2 Å². The van der Waals surface area contributed by atoms with Crippen LogP contribution in [-0.2, 0) is 6.54 Å². The van der Waals surface area contributed by atoms with E-state index in [1.54, 1.807) is 12.1 Å². The molecule has 1 N–H and O–H groups in total. The Balaban J connectivity index is 2.12. The van der Waals surface area contributed by atoms with Crippen LogP contribution >= 0.6 is 0 Å². The fourth-order valence-electron chi connectivity index (χ4n) is 2.04. The monoisotopic (exact) mass is 258 g/mol. The van der Waals surface area contributed by atoms with E-state index in [1.807, 2.05) is 26.2 Å². The third-order valence-electron chi connectivity index (χ3n) is 3.13. The number of anilines is 2. The summed E-state index contributed by atoms with van der Waals surface area (Å²) in [5, 5.41) is 3.26. The number of halogens is 1. The lowest BCUT2D eigenvalue weighted by molar-refractivity contribution is 0.613. The Morgan fingerprint density at radius 3 is 2.53 bits per heavy atom. The zero-order chi connectivity index (χ0) is 13.8. The van der Waals surface area contributed by atoms with Crippen LogP contribution in [0.5, 0.6) is 0 Å². The number of rotatable bonds is 4. The molecule has 0 fully saturated rings. The molecule has 0 aliphatic heterocycles. The summed E-state index contributed by atoms with van der Waals surface area (Å²) < 4.78 is 13.5. The highest BCUT2D eigenvalue weighted by atomic mass is 19.1. The van der Waals surface area contributed by atoms with Gasteiger partial charge in [-0.05, 0) is 30.7 Å². The molecular formula is C16H19FN2. The van der Waals surface area contributed by atoms with Crippen LogP contribution in [-0.4, -0.2) is 14.1 Å². The molecule has 0 aromatic heterocycles. The van der Waals surface area contributed by atoms with Crippen molar-refractivity contribution >= 4 is 11.4 Å². The maximum atomic E-state index is 13.5. The highest BCUT2D eigenvalue weighted by Crippen LogP contribution is 2.23. The first-order chi connectivity index (χ1) is 9.08. The molecule has 2 rings (SSSR count). The average Bonchev–Trinajstić information content (AvgIpc) is 2.39. The number of benzene rings is 2. The number of nitrogens with one attached hydrogen (secondary N) is 1. The van der Waals surface area contributed by atoms with Gasteiger partial charge in [0.1, 0.15) is 5.82 Å². The zero-order valence-corrected chi connectivity index (χ0v) is 11.6. The van der Waals surface area contributed by atoms with Crippen molar-refractivity contribution in [1.29, 1.82) is 0 Å². The van der Waals surface area contributed by atoms with Crippen molar-refractivity contribution in [2.75, 3.05) is 24.3 Å². The van der Waals surface area contributed by atoms with E-state index in [-0.39, 0.29) is 5.82 Å². The predicted octanol–water partition coefficient (Wildman–Crippen LogP) is 3.81. The van der Waals surface area contributed by atoms with Crippen LogP contribution in [0.15, 0.2) is 42.5 Å². The van der Waals surface area contributed by atoms with Gasteiger partial charge in [-0.2, -0.15) is 0 Å². The van der Waals surface area contributed by atoms with Gasteiger partial charge in [0.2, 0.25) is 0 Å². The minimum Gasteiger partial charge on any atom is -0.381 e. The summed E-state index contributed by atoms with van der Waals surface area (Å²) in [5.74, 6) is -0.171. The highest BCUT2D eigenvalue weighted by Gasteiger charge is 2.04. The second kappa shape index (κ2) is 5.74. The van der Waals surface area contributed by atoms with Crippen molar-refractivity contribution < 1.29 is 4.39 Å². The van der Waals surface area contributed by atoms with Crippen LogP contribution in [0, 0.1) is 12.7 Å². The lowest BCUT2D eigenvalue weighted by Gasteiger charge is -2.17. The number of hydrogen-bond acceptors (Lipinski definition) is 2. The molecule has 3 heteroatoms. The summed E-state index contributed by atoms with van der Waals surface area (Å²) in [7, 11) is 4.03. The maximum absolute atomic E-state index is 13.5. The van der Waals surface area contributed by atoms with Crippen LogP contribution in [0.1, 0.15) is 11.1 Å². The number of hydrogen-bond donors (Lipinski definition) is 1. The van der Waals surface area contributed by atoms with Crippen LogP contribution in [0.2, 0.25) is 0 Å². The smallest absolute Gasteiger partial charge is 0.128 e. The SMILES string of the molecule is Cc1ccc(NCc2ccccc2F)cc1N(C)C. The largest absolute Gasteiger partial charge is 0.381 e. The molecule has 2 nitrogen and oxygen atoms in total. The Bertz CT molecular complexity index is 564. The van der Waals surface area contributed by atoms with E-state index in [1.165, 1.54) is 17.3 Å². The van der Waals surface area contributed by atoms with E-state index in [2.05, 4.69) is 29.3 Å². The molecule has 2 aromatic rings. The third-order valence-corrected chi connectivity index (χ3v) is 3.13. The number of aryl methyl sites for hydroxylation is 1. The van der Waals surface area contributed by atoms with E-state index >= 15 is 0 Å². The Hall–Kier alpha value is -2.03. The topological polar surface area (TPSA) is 15.3 Å². The van der Waals surface area contributed by atoms with E-state index < -0.39 is 0 Å². The van der Waals surface area contributed by atoms with Gasteiger partial charge in [-0.15, -0.1) is 0 Å². The van der Waals surface area contributed by atoms with E-state index in [0.717, 1.165) is 5.69 Å². The van der Waals surface area contributed by atoms with Gasteiger partial charge < -0.3 is 10.2 Å². The first kappa shape index (κ1) is 13.4. The third kappa shape index (κ3) is 3.25. The van der Waals surface area contributed by atoms with E-state index in [9.17, 15) is 4.39 Å². The molecule has 19 heavy (non-hydrogen) atoms. The molecule has 2 aromatic carbocycles. The normalized spacial score (nSPS) is 10.3. The van der Waals surface area contributed by atoms with E-state index in [4.69, 9.17) is 0 Å². The van der Waals surface area contributed by atoms with Gasteiger partial charge in [0, 0.05) is 37.6 Å². The molecule has 0 bridgehead atoms. The summed E-state index contributed by atoms with van der Waals surface area (Å²) in [6, 6.07) is 13.0. The summed E-state index contributed by atoms with van der Waals surface area (Å²) in [5.41, 5.74) is 4.06. The Kier molecular flexibility index (Phi) is 4.05. The van der Waals surface area contributed by atoms with Crippen molar-refractivity contribution in [1.82, 2.24) is 0 Å². The molecule has 0 amide bonds. The van der Waals surface area contributed by atoms with Gasteiger partial charge in [-0.25, -0.2) is 4.39 Å². The highest BCUT2D eigenvalue weighted by molar-refractivity contribution is 5.61. The maximum Gasteiger partial charge on any atom is 0.128 e. The van der Waals surface area contributed by atoms with Crippen molar-refractivity contribution in [3.8, 4) is 0 Å². The molecule has 0 unspecified atom stereocenters. The molecular weight excluding hydrogens is 239 g/mol. The van der Waals surface area contributed by atoms with Crippen molar-refractivity contribution in [3.63, 3.8) is 0 Å². The molecule has 0 saturated heterocycles. The summed E-state index contributed by atoms with van der Waals surface area (Å²) in [4.78, 5) is 2.07. The molecule has 0 saturated carbocycles. The number of nitrogens with zero attached hydrogens (tertiary/aromatic N) is 1. The van der Waals surface area contributed by atoms with Crippen molar-refractivity contribution in [2.24, 2.45) is 0 Å². The quantitative estimate of drug-likeness (QED) is 0.897. The second-order valence-electron chi connectivity index (χ2n) is 4.84. The molecule has 0 radical (unpaired) electrons. The molecule has 0 spiro atoms. The fourth-order valence-corrected chi connectivity index (χ4v) is 2.04. The van der Waals surface area contributed by atoms with Gasteiger partial charge in [0.05, 0.1) is 0 Å². The lowest BCUT2D eigenvalue weighted by atomic mass is 10.1. The minimum atomic E-state index is -0.171. The van der Waals surface area contributed by atoms with Crippen LogP contribution in [0.3, 0.4) is 0 Å². The summed E-state index contributed by atoms with van der Waals surface area (Å²) >= 11 is 0. The van der Waals surface area contributed by atoms with Crippen LogP contribution in [0.25, 0.3) is 0 Å². The lowest BCUT2D eigenvalue weighted by Crippen LogP contribution is -2.11. The van der Waals surface area contributed by atoms with Crippen molar-refractivity contribution in [3.05, 3.63) is 59.4 Å². The Labute approximate surface area is 113 Å². The first-order valence-electron chi connectivity index (χ1n) is 6.33.